The predicted octanol–water partition coefficient (Wildman–Crippen LogP) is 4.36. The van der Waals surface area contributed by atoms with Gasteiger partial charge >= 0.3 is 0 Å². The fourth-order valence-corrected chi connectivity index (χ4v) is 2.38. The molecular weight excluding hydrogens is 331 g/mol. The predicted molar refractivity (Wildman–Crippen MR) is 101 cm³/mol. The minimum absolute atomic E-state index is 0.154. The van der Waals surface area contributed by atoms with E-state index in [0.717, 1.165) is 5.56 Å². The number of benzene rings is 2. The number of halogens is 1. The Bertz CT molecular complexity index is 895. The molecule has 2 N–H and O–H groups in total. The van der Waals surface area contributed by atoms with E-state index in [0.29, 0.717) is 17.3 Å². The fourth-order valence-electron chi connectivity index (χ4n) is 2.38. The Kier molecular flexibility index (Phi) is 5.22. The van der Waals surface area contributed by atoms with Crippen molar-refractivity contribution in [2.24, 2.45) is 0 Å². The van der Waals surface area contributed by atoms with Crippen molar-refractivity contribution in [1.29, 1.82) is 0 Å². The second-order valence-corrected chi connectivity index (χ2v) is 6.09. The van der Waals surface area contributed by atoms with Gasteiger partial charge in [0.15, 0.2) is 5.82 Å². The lowest BCUT2D eigenvalue weighted by Gasteiger charge is -2.12. The van der Waals surface area contributed by atoms with E-state index < -0.39 is 0 Å². The third-order valence-electron chi connectivity index (χ3n) is 3.53. The van der Waals surface area contributed by atoms with E-state index in [2.05, 4.69) is 20.6 Å². The van der Waals surface area contributed by atoms with Crippen molar-refractivity contribution < 1.29 is 9.18 Å². The number of nitrogens with one attached hydrogen (secondary N) is 2. The summed E-state index contributed by atoms with van der Waals surface area (Å²) in [6.07, 6.45) is 0. The van der Waals surface area contributed by atoms with Crippen molar-refractivity contribution in [3.63, 3.8) is 0 Å². The van der Waals surface area contributed by atoms with Crippen LogP contribution in [0.1, 0.15) is 24.3 Å². The third kappa shape index (κ3) is 4.42. The quantitative estimate of drug-likeness (QED) is 0.718. The second-order valence-electron chi connectivity index (χ2n) is 6.09. The number of amides is 1. The van der Waals surface area contributed by atoms with Crippen LogP contribution >= 0.6 is 0 Å². The topological polar surface area (TPSA) is 66.9 Å². The van der Waals surface area contributed by atoms with E-state index in [-0.39, 0.29) is 23.5 Å². The van der Waals surface area contributed by atoms with Gasteiger partial charge in [-0.25, -0.2) is 14.4 Å². The molecule has 6 heteroatoms. The van der Waals surface area contributed by atoms with Crippen molar-refractivity contribution >= 4 is 17.4 Å². The van der Waals surface area contributed by atoms with Crippen LogP contribution < -0.4 is 10.6 Å². The molecule has 0 radical (unpaired) electrons. The first-order valence-corrected chi connectivity index (χ1v) is 8.29. The summed E-state index contributed by atoms with van der Waals surface area (Å²) in [7, 11) is 0. The Labute approximate surface area is 151 Å². The van der Waals surface area contributed by atoms with Gasteiger partial charge < -0.3 is 10.6 Å². The number of carbonyl (C=O) groups is 1. The SMILES string of the molecule is CC(C)Nc1cc(C(=O)Nc2ccc(F)cc2)nc(-c2ccccc2)n1. The molecule has 1 amide bonds. The van der Waals surface area contributed by atoms with Gasteiger partial charge in [-0.2, -0.15) is 0 Å². The highest BCUT2D eigenvalue weighted by atomic mass is 19.1. The first-order chi connectivity index (χ1) is 12.5. The normalized spacial score (nSPS) is 10.6. The summed E-state index contributed by atoms with van der Waals surface area (Å²) < 4.78 is 13.0. The highest BCUT2D eigenvalue weighted by Gasteiger charge is 2.14. The summed E-state index contributed by atoms with van der Waals surface area (Å²) in [6.45, 7) is 3.98. The smallest absolute Gasteiger partial charge is 0.274 e. The van der Waals surface area contributed by atoms with Crippen molar-refractivity contribution in [2.45, 2.75) is 19.9 Å². The third-order valence-corrected chi connectivity index (χ3v) is 3.53. The zero-order valence-corrected chi connectivity index (χ0v) is 14.5. The van der Waals surface area contributed by atoms with Gasteiger partial charge in [-0.05, 0) is 38.1 Å². The maximum Gasteiger partial charge on any atom is 0.274 e. The van der Waals surface area contributed by atoms with E-state index in [1.165, 1.54) is 24.3 Å². The van der Waals surface area contributed by atoms with Crippen LogP contribution in [0.2, 0.25) is 0 Å². The highest BCUT2D eigenvalue weighted by molar-refractivity contribution is 6.03. The summed E-state index contributed by atoms with van der Waals surface area (Å²) in [5, 5.41) is 5.92. The number of nitrogens with zero attached hydrogens (tertiary/aromatic N) is 2. The molecule has 2 aromatic carbocycles. The molecular formula is C20H19FN4O. The van der Waals surface area contributed by atoms with Crippen molar-refractivity contribution in [3.8, 4) is 11.4 Å². The molecule has 132 valence electrons. The van der Waals surface area contributed by atoms with Crippen LogP contribution in [0, 0.1) is 5.82 Å². The van der Waals surface area contributed by atoms with E-state index in [1.54, 1.807) is 6.07 Å². The second kappa shape index (κ2) is 7.74. The van der Waals surface area contributed by atoms with Crippen LogP contribution in [0.15, 0.2) is 60.7 Å². The zero-order valence-electron chi connectivity index (χ0n) is 14.5. The van der Waals surface area contributed by atoms with E-state index in [9.17, 15) is 9.18 Å². The number of hydrogen-bond acceptors (Lipinski definition) is 4. The molecule has 1 heterocycles. The lowest BCUT2D eigenvalue weighted by Crippen LogP contribution is -2.17. The fraction of sp³-hybridized carbons (Fsp3) is 0.150. The first kappa shape index (κ1) is 17.5. The lowest BCUT2D eigenvalue weighted by molar-refractivity contribution is 0.102. The van der Waals surface area contributed by atoms with Gasteiger partial charge in [0, 0.05) is 23.4 Å². The van der Waals surface area contributed by atoms with Crippen LogP contribution in [0.25, 0.3) is 11.4 Å². The molecule has 0 saturated carbocycles. The Morgan fingerprint density at radius 1 is 1.00 bits per heavy atom. The Morgan fingerprint density at radius 3 is 2.35 bits per heavy atom. The first-order valence-electron chi connectivity index (χ1n) is 8.29. The van der Waals surface area contributed by atoms with E-state index >= 15 is 0 Å². The molecule has 0 spiro atoms. The molecule has 0 unspecified atom stereocenters. The number of carbonyl (C=O) groups excluding carboxylic acids is 1. The van der Waals surface area contributed by atoms with Crippen LogP contribution in [0.3, 0.4) is 0 Å². The van der Waals surface area contributed by atoms with Gasteiger partial charge in [0.25, 0.3) is 5.91 Å². The zero-order chi connectivity index (χ0) is 18.5. The van der Waals surface area contributed by atoms with Crippen LogP contribution in [0.5, 0.6) is 0 Å². The van der Waals surface area contributed by atoms with Gasteiger partial charge in [-0.3, -0.25) is 4.79 Å². The van der Waals surface area contributed by atoms with Crippen LogP contribution in [-0.2, 0) is 0 Å². The maximum atomic E-state index is 13.0. The maximum absolute atomic E-state index is 13.0. The summed E-state index contributed by atoms with van der Waals surface area (Å²) >= 11 is 0. The monoisotopic (exact) mass is 350 g/mol. The van der Waals surface area contributed by atoms with Gasteiger partial charge in [-0.1, -0.05) is 30.3 Å². The molecule has 0 saturated heterocycles. The van der Waals surface area contributed by atoms with Crippen LogP contribution in [-0.4, -0.2) is 21.9 Å². The summed E-state index contributed by atoms with van der Waals surface area (Å²) in [5.74, 6) is 0.279. The highest BCUT2D eigenvalue weighted by Crippen LogP contribution is 2.19. The minimum atomic E-state index is -0.386. The van der Waals surface area contributed by atoms with Gasteiger partial charge in [-0.15, -0.1) is 0 Å². The number of hydrogen-bond donors (Lipinski definition) is 2. The Balaban J connectivity index is 1.94. The molecule has 26 heavy (non-hydrogen) atoms. The lowest BCUT2D eigenvalue weighted by atomic mass is 10.2. The summed E-state index contributed by atoms with van der Waals surface area (Å²) in [6, 6.07) is 16.8. The molecule has 0 fully saturated rings. The van der Waals surface area contributed by atoms with E-state index in [4.69, 9.17) is 0 Å². The minimum Gasteiger partial charge on any atom is -0.368 e. The molecule has 1 aromatic heterocycles. The van der Waals surface area contributed by atoms with Crippen molar-refractivity contribution in [1.82, 2.24) is 9.97 Å². The summed E-state index contributed by atoms with van der Waals surface area (Å²) in [4.78, 5) is 21.5. The molecule has 0 bridgehead atoms. The van der Waals surface area contributed by atoms with Crippen molar-refractivity contribution in [2.75, 3.05) is 10.6 Å². The Hall–Kier alpha value is -3.28. The van der Waals surface area contributed by atoms with Crippen LogP contribution in [0.4, 0.5) is 15.9 Å². The average Bonchev–Trinajstić information content (AvgIpc) is 2.63. The van der Waals surface area contributed by atoms with Gasteiger partial charge in [0.1, 0.15) is 17.3 Å². The molecule has 0 aliphatic heterocycles. The van der Waals surface area contributed by atoms with Gasteiger partial charge in [0.05, 0.1) is 0 Å². The summed E-state index contributed by atoms with van der Waals surface area (Å²) in [5.41, 5.74) is 1.54. The average molecular weight is 350 g/mol. The number of anilines is 2. The molecule has 0 aliphatic rings. The molecule has 0 aliphatic carbocycles. The number of rotatable bonds is 5. The Morgan fingerprint density at radius 2 is 1.69 bits per heavy atom. The molecule has 5 nitrogen and oxygen atoms in total. The van der Waals surface area contributed by atoms with Gasteiger partial charge in [0.2, 0.25) is 0 Å². The number of aromatic nitrogens is 2. The molecule has 3 rings (SSSR count). The molecule has 3 aromatic rings. The van der Waals surface area contributed by atoms with Crippen molar-refractivity contribution in [3.05, 3.63) is 72.2 Å². The standard InChI is InChI=1S/C20H19FN4O/c1-13(2)22-18-12-17(20(26)23-16-10-8-15(21)9-11-16)24-19(25-18)14-6-4-3-5-7-14/h3-13H,1-2H3,(H,23,26)(H,22,24,25). The largest absolute Gasteiger partial charge is 0.368 e. The molecule has 0 atom stereocenters. The van der Waals surface area contributed by atoms with E-state index in [1.807, 2.05) is 44.2 Å².